The molecule has 102 valence electrons. The molecule has 1 aromatic rings. The average molecular weight is 262 g/mol. The third-order valence-corrected chi connectivity index (χ3v) is 2.64. The Morgan fingerprint density at radius 1 is 1.47 bits per heavy atom. The van der Waals surface area contributed by atoms with Gasteiger partial charge in [-0.05, 0) is 31.9 Å². The average Bonchev–Trinajstić information content (AvgIpc) is 2.31. The van der Waals surface area contributed by atoms with Gasteiger partial charge >= 0.3 is 12.0 Å². The summed E-state index contributed by atoms with van der Waals surface area (Å²) in [4.78, 5) is 22.9. The van der Waals surface area contributed by atoms with Crippen LogP contribution in [0.3, 0.4) is 0 Å². The number of benzene rings is 1. The van der Waals surface area contributed by atoms with E-state index in [2.05, 4.69) is 17.2 Å². The van der Waals surface area contributed by atoms with Crippen LogP contribution in [0.2, 0.25) is 0 Å². The number of carbonyl (C=O) groups excluding carboxylic acids is 1. The third-order valence-electron chi connectivity index (χ3n) is 2.64. The Morgan fingerprint density at radius 2 is 2.16 bits per heavy atom. The van der Waals surface area contributed by atoms with Crippen LogP contribution in [-0.4, -0.2) is 23.1 Å². The van der Waals surface area contributed by atoms with E-state index in [4.69, 9.17) is 5.11 Å². The van der Waals surface area contributed by atoms with E-state index in [-0.39, 0.29) is 11.6 Å². The van der Waals surface area contributed by atoms with E-state index in [1.807, 2.05) is 6.92 Å². The van der Waals surface area contributed by atoms with E-state index in [0.717, 1.165) is 0 Å². The number of hydrogen-bond acceptors (Lipinski definition) is 2. The number of carbonyl (C=O) groups is 2. The lowest BCUT2D eigenvalue weighted by molar-refractivity contribution is 0.0698. The molecule has 5 nitrogen and oxygen atoms in total. The minimum absolute atomic E-state index is 0.0604. The second-order valence-electron chi connectivity index (χ2n) is 4.33. The summed E-state index contributed by atoms with van der Waals surface area (Å²) >= 11 is 0. The summed E-state index contributed by atoms with van der Waals surface area (Å²) in [6.07, 6.45) is 2.36. The normalized spacial score (nSPS) is 11.5. The summed E-state index contributed by atoms with van der Waals surface area (Å²) in [5.74, 6) is -1.07. The quantitative estimate of drug-likeness (QED) is 0.714. The summed E-state index contributed by atoms with van der Waals surface area (Å²) in [5, 5.41) is 14.4. The van der Waals surface area contributed by atoms with Crippen molar-refractivity contribution in [3.8, 4) is 0 Å². The van der Waals surface area contributed by atoms with E-state index >= 15 is 0 Å². The van der Waals surface area contributed by atoms with Crippen LogP contribution < -0.4 is 10.6 Å². The molecular formula is C14H18N2O3. The standard InChI is InChI=1S/C14H18N2O3/c1-4-6-10(3)15-14(19)16-12-9(2)7-5-8-11(12)13(17)18/h4-5,7-8,10H,1,6H2,2-3H3,(H,17,18)(H2,15,16,19). The molecule has 0 saturated heterocycles. The molecule has 0 aliphatic carbocycles. The first-order valence-corrected chi connectivity index (χ1v) is 5.97. The van der Waals surface area contributed by atoms with Crippen molar-refractivity contribution in [2.45, 2.75) is 26.3 Å². The smallest absolute Gasteiger partial charge is 0.337 e. The highest BCUT2D eigenvalue weighted by molar-refractivity contribution is 6.01. The zero-order chi connectivity index (χ0) is 14.4. The van der Waals surface area contributed by atoms with Gasteiger partial charge in [0.05, 0.1) is 11.3 Å². The van der Waals surface area contributed by atoms with E-state index in [1.165, 1.54) is 6.07 Å². The molecule has 0 heterocycles. The lowest BCUT2D eigenvalue weighted by Crippen LogP contribution is -2.36. The fraction of sp³-hybridized carbons (Fsp3) is 0.286. The van der Waals surface area contributed by atoms with Crippen LogP contribution in [-0.2, 0) is 0 Å². The second kappa shape index (κ2) is 6.58. The van der Waals surface area contributed by atoms with Crippen molar-refractivity contribution < 1.29 is 14.7 Å². The van der Waals surface area contributed by atoms with E-state index in [9.17, 15) is 9.59 Å². The molecule has 1 aromatic carbocycles. The maximum absolute atomic E-state index is 11.8. The van der Waals surface area contributed by atoms with Crippen LogP contribution in [0.15, 0.2) is 30.9 Å². The molecule has 0 aliphatic rings. The van der Waals surface area contributed by atoms with E-state index in [0.29, 0.717) is 17.7 Å². The van der Waals surface area contributed by atoms with Gasteiger partial charge in [0.1, 0.15) is 0 Å². The van der Waals surface area contributed by atoms with Crippen molar-refractivity contribution >= 4 is 17.7 Å². The van der Waals surface area contributed by atoms with Crippen LogP contribution in [0.4, 0.5) is 10.5 Å². The number of carboxylic acid groups (broad SMARTS) is 1. The lowest BCUT2D eigenvalue weighted by Gasteiger charge is -2.15. The predicted octanol–water partition coefficient (Wildman–Crippen LogP) is 2.78. The Bertz CT molecular complexity index is 497. The molecule has 1 unspecified atom stereocenters. The van der Waals surface area contributed by atoms with Gasteiger partial charge in [-0.15, -0.1) is 6.58 Å². The number of urea groups is 1. The molecule has 1 atom stereocenters. The molecule has 0 spiro atoms. The van der Waals surface area contributed by atoms with Crippen molar-refractivity contribution in [2.24, 2.45) is 0 Å². The van der Waals surface area contributed by atoms with Gasteiger partial charge in [0.2, 0.25) is 0 Å². The fourth-order valence-corrected chi connectivity index (χ4v) is 1.69. The Labute approximate surface area is 112 Å². The van der Waals surface area contributed by atoms with E-state index < -0.39 is 12.0 Å². The molecule has 0 saturated carbocycles. The van der Waals surface area contributed by atoms with Crippen molar-refractivity contribution in [2.75, 3.05) is 5.32 Å². The first kappa shape index (κ1) is 14.8. The summed E-state index contributed by atoms with van der Waals surface area (Å²) in [5.41, 5.74) is 1.09. The van der Waals surface area contributed by atoms with Crippen molar-refractivity contribution in [3.63, 3.8) is 0 Å². The van der Waals surface area contributed by atoms with Gasteiger partial charge in [-0.3, -0.25) is 0 Å². The number of nitrogens with one attached hydrogen (secondary N) is 2. The van der Waals surface area contributed by atoms with Gasteiger partial charge in [0.25, 0.3) is 0 Å². The molecular weight excluding hydrogens is 244 g/mol. The highest BCUT2D eigenvalue weighted by Crippen LogP contribution is 2.20. The van der Waals surface area contributed by atoms with Gasteiger partial charge in [-0.25, -0.2) is 9.59 Å². The summed E-state index contributed by atoms with van der Waals surface area (Å²) in [7, 11) is 0. The topological polar surface area (TPSA) is 78.4 Å². The molecule has 1 rings (SSSR count). The number of aryl methyl sites for hydroxylation is 1. The highest BCUT2D eigenvalue weighted by atomic mass is 16.4. The SMILES string of the molecule is C=CCC(C)NC(=O)Nc1c(C)cccc1C(=O)O. The van der Waals surface area contributed by atoms with Gasteiger partial charge in [-0.2, -0.15) is 0 Å². The minimum Gasteiger partial charge on any atom is -0.478 e. The minimum atomic E-state index is -1.07. The lowest BCUT2D eigenvalue weighted by atomic mass is 10.1. The van der Waals surface area contributed by atoms with Crippen LogP contribution >= 0.6 is 0 Å². The Kier molecular flexibility index (Phi) is 5.11. The predicted molar refractivity (Wildman–Crippen MR) is 74.6 cm³/mol. The maximum Gasteiger partial charge on any atom is 0.337 e. The number of anilines is 1. The van der Waals surface area contributed by atoms with Gasteiger partial charge in [0, 0.05) is 6.04 Å². The van der Waals surface area contributed by atoms with Crippen molar-refractivity contribution in [1.29, 1.82) is 0 Å². The highest BCUT2D eigenvalue weighted by Gasteiger charge is 2.15. The van der Waals surface area contributed by atoms with E-state index in [1.54, 1.807) is 25.1 Å². The number of aromatic carboxylic acids is 1. The molecule has 19 heavy (non-hydrogen) atoms. The number of carboxylic acids is 1. The maximum atomic E-state index is 11.8. The molecule has 0 radical (unpaired) electrons. The Morgan fingerprint density at radius 3 is 2.74 bits per heavy atom. The van der Waals surface area contributed by atoms with Gasteiger partial charge < -0.3 is 15.7 Å². The first-order chi connectivity index (χ1) is 8.95. The first-order valence-electron chi connectivity index (χ1n) is 5.97. The largest absolute Gasteiger partial charge is 0.478 e. The number of amides is 2. The Balaban J connectivity index is 2.84. The van der Waals surface area contributed by atoms with Crippen molar-refractivity contribution in [1.82, 2.24) is 5.32 Å². The summed E-state index contributed by atoms with van der Waals surface area (Å²) in [6.45, 7) is 7.18. The summed E-state index contributed by atoms with van der Waals surface area (Å²) < 4.78 is 0. The number of rotatable bonds is 5. The third kappa shape index (κ3) is 4.13. The van der Waals surface area contributed by atoms with Crippen LogP contribution in [0, 0.1) is 6.92 Å². The van der Waals surface area contributed by atoms with Gasteiger partial charge in [-0.1, -0.05) is 18.2 Å². The second-order valence-corrected chi connectivity index (χ2v) is 4.33. The molecule has 0 aliphatic heterocycles. The van der Waals surface area contributed by atoms with Crippen molar-refractivity contribution in [3.05, 3.63) is 42.0 Å². The molecule has 0 aromatic heterocycles. The van der Waals surface area contributed by atoms with Crippen LogP contribution in [0.5, 0.6) is 0 Å². The summed E-state index contributed by atoms with van der Waals surface area (Å²) in [6, 6.07) is 4.36. The molecule has 5 heteroatoms. The Hall–Kier alpha value is -2.30. The molecule has 2 amide bonds. The number of para-hydroxylation sites is 1. The number of hydrogen-bond donors (Lipinski definition) is 3. The zero-order valence-electron chi connectivity index (χ0n) is 11.1. The van der Waals surface area contributed by atoms with Gasteiger partial charge in [0.15, 0.2) is 0 Å². The molecule has 3 N–H and O–H groups in total. The van der Waals surface area contributed by atoms with Crippen LogP contribution in [0.1, 0.15) is 29.3 Å². The monoisotopic (exact) mass is 262 g/mol. The fourth-order valence-electron chi connectivity index (χ4n) is 1.69. The molecule has 0 fully saturated rings. The molecule has 0 bridgehead atoms. The van der Waals surface area contributed by atoms with Crippen LogP contribution in [0.25, 0.3) is 0 Å². The zero-order valence-corrected chi connectivity index (χ0v) is 11.1.